The smallest absolute Gasteiger partial charge is 0.159 e. The summed E-state index contributed by atoms with van der Waals surface area (Å²) < 4.78 is 0. The van der Waals surface area contributed by atoms with E-state index in [2.05, 4.69) is 25.1 Å². The molecule has 0 atom stereocenters. The van der Waals surface area contributed by atoms with E-state index in [1.54, 1.807) is 24.5 Å². The first kappa shape index (κ1) is 14.5. The lowest BCUT2D eigenvalue weighted by Gasteiger charge is -2.05. The number of H-pyrrole nitrogens is 2. The molecule has 0 spiro atoms. The molecule has 7 heteroatoms. The summed E-state index contributed by atoms with van der Waals surface area (Å²) in [6.07, 6.45) is 3.43. The summed E-state index contributed by atoms with van der Waals surface area (Å²) >= 11 is 0. The van der Waals surface area contributed by atoms with Gasteiger partial charge in [0.05, 0.1) is 22.7 Å². The number of fused-ring (bicyclic) bond motifs is 2. The van der Waals surface area contributed by atoms with Crippen LogP contribution in [-0.4, -0.2) is 35.4 Å². The van der Waals surface area contributed by atoms with Crippen molar-refractivity contribution in [2.45, 2.75) is 0 Å². The highest BCUT2D eigenvalue weighted by Gasteiger charge is 2.14. The highest BCUT2D eigenvalue weighted by Crippen LogP contribution is 2.35. The van der Waals surface area contributed by atoms with Crippen molar-refractivity contribution >= 4 is 21.9 Å². The van der Waals surface area contributed by atoms with Crippen LogP contribution in [0, 0.1) is 0 Å². The fraction of sp³-hybridized carbons (Fsp3) is 0. The SMILES string of the molecule is Oc1ccc(-c2ccc3c(-c4nc5ccncc5[nH]4)n[nH]c3c2)c(O)c1. The molecule has 0 saturated heterocycles. The summed E-state index contributed by atoms with van der Waals surface area (Å²) in [5.41, 5.74) is 4.68. The maximum absolute atomic E-state index is 10.1. The molecule has 4 N–H and O–H groups in total. The maximum atomic E-state index is 10.1. The Balaban J connectivity index is 1.63. The number of aromatic amines is 2. The van der Waals surface area contributed by atoms with Gasteiger partial charge in [-0.2, -0.15) is 5.10 Å². The quantitative estimate of drug-likeness (QED) is 0.391. The van der Waals surface area contributed by atoms with Crippen LogP contribution in [0.5, 0.6) is 11.5 Å². The van der Waals surface area contributed by atoms with E-state index in [-0.39, 0.29) is 11.5 Å². The molecular weight excluding hydrogens is 330 g/mol. The van der Waals surface area contributed by atoms with Gasteiger partial charge in [0.1, 0.15) is 17.2 Å². The summed E-state index contributed by atoms with van der Waals surface area (Å²) in [4.78, 5) is 11.9. The second-order valence-electron chi connectivity index (χ2n) is 6.01. The number of hydrogen-bond donors (Lipinski definition) is 4. The number of imidazole rings is 1. The second-order valence-corrected chi connectivity index (χ2v) is 6.01. The number of phenolic OH excluding ortho intramolecular Hbond substituents is 2. The summed E-state index contributed by atoms with van der Waals surface area (Å²) in [5, 5.41) is 27.9. The predicted molar refractivity (Wildman–Crippen MR) is 97.7 cm³/mol. The summed E-state index contributed by atoms with van der Waals surface area (Å²) in [5.74, 6) is 0.712. The zero-order chi connectivity index (χ0) is 17.7. The molecule has 2 aromatic carbocycles. The van der Waals surface area contributed by atoms with Crippen LogP contribution < -0.4 is 0 Å². The molecule has 0 amide bonds. The van der Waals surface area contributed by atoms with Gasteiger partial charge >= 0.3 is 0 Å². The minimum atomic E-state index is 0.0221. The van der Waals surface area contributed by atoms with Crippen molar-refractivity contribution in [1.82, 2.24) is 25.1 Å². The van der Waals surface area contributed by atoms with E-state index in [1.807, 2.05) is 24.3 Å². The zero-order valence-electron chi connectivity index (χ0n) is 13.4. The van der Waals surface area contributed by atoms with E-state index in [1.165, 1.54) is 6.07 Å². The molecule has 0 unspecified atom stereocenters. The number of hydrogen-bond acceptors (Lipinski definition) is 5. The van der Waals surface area contributed by atoms with Gasteiger partial charge in [0.2, 0.25) is 0 Å². The Labute approximate surface area is 147 Å². The third kappa shape index (κ3) is 2.18. The van der Waals surface area contributed by atoms with Crippen molar-refractivity contribution in [3.63, 3.8) is 0 Å². The molecule has 5 aromatic rings. The molecular formula is C19H13N5O2. The third-order valence-electron chi connectivity index (χ3n) is 4.36. The molecule has 3 aromatic heterocycles. The highest BCUT2D eigenvalue weighted by atomic mass is 16.3. The molecule has 7 nitrogen and oxygen atoms in total. The van der Waals surface area contributed by atoms with Crippen molar-refractivity contribution in [2.24, 2.45) is 0 Å². The van der Waals surface area contributed by atoms with Gasteiger partial charge in [0, 0.05) is 23.2 Å². The van der Waals surface area contributed by atoms with Crippen LogP contribution in [0.15, 0.2) is 54.9 Å². The maximum Gasteiger partial charge on any atom is 0.159 e. The number of aromatic nitrogens is 5. The van der Waals surface area contributed by atoms with Crippen LogP contribution in [0.2, 0.25) is 0 Å². The van der Waals surface area contributed by atoms with Gasteiger partial charge in [-0.1, -0.05) is 6.07 Å². The van der Waals surface area contributed by atoms with E-state index in [4.69, 9.17) is 0 Å². The van der Waals surface area contributed by atoms with Gasteiger partial charge < -0.3 is 15.2 Å². The summed E-state index contributed by atoms with van der Waals surface area (Å²) in [7, 11) is 0. The van der Waals surface area contributed by atoms with Gasteiger partial charge in [-0.25, -0.2) is 4.98 Å². The number of pyridine rings is 1. The number of rotatable bonds is 2. The molecule has 0 bridgehead atoms. The van der Waals surface area contributed by atoms with Crippen LogP contribution >= 0.6 is 0 Å². The van der Waals surface area contributed by atoms with Crippen LogP contribution in [0.3, 0.4) is 0 Å². The highest BCUT2D eigenvalue weighted by molar-refractivity contribution is 5.95. The first-order valence-electron chi connectivity index (χ1n) is 7.99. The Kier molecular flexibility index (Phi) is 2.96. The lowest BCUT2D eigenvalue weighted by molar-refractivity contribution is 0.452. The largest absolute Gasteiger partial charge is 0.508 e. The molecule has 0 aliphatic carbocycles. The van der Waals surface area contributed by atoms with Gasteiger partial charge in [-0.3, -0.25) is 10.1 Å². The first-order valence-corrected chi connectivity index (χ1v) is 7.99. The lowest BCUT2D eigenvalue weighted by atomic mass is 10.0. The normalized spacial score (nSPS) is 11.4. The molecule has 126 valence electrons. The fourth-order valence-electron chi connectivity index (χ4n) is 3.10. The van der Waals surface area contributed by atoms with E-state index >= 15 is 0 Å². The van der Waals surface area contributed by atoms with Crippen LogP contribution in [-0.2, 0) is 0 Å². The van der Waals surface area contributed by atoms with Crippen molar-refractivity contribution in [3.8, 4) is 34.1 Å². The number of nitrogens with zero attached hydrogens (tertiary/aromatic N) is 3. The second kappa shape index (κ2) is 5.32. The van der Waals surface area contributed by atoms with Crippen molar-refractivity contribution in [1.29, 1.82) is 0 Å². The number of nitrogens with one attached hydrogen (secondary N) is 2. The Hall–Kier alpha value is -3.87. The standard InChI is InChI=1S/C19H13N5O2/c25-11-2-4-12(17(26)8-11)10-1-3-13-15(7-10)23-24-18(13)19-21-14-5-6-20-9-16(14)22-19/h1-9,25-26H,(H,21,22)(H,23,24). The molecule has 0 radical (unpaired) electrons. The minimum Gasteiger partial charge on any atom is -0.508 e. The average molecular weight is 343 g/mol. The topological polar surface area (TPSA) is 111 Å². The molecule has 26 heavy (non-hydrogen) atoms. The van der Waals surface area contributed by atoms with Crippen LogP contribution in [0.1, 0.15) is 0 Å². The molecule has 3 heterocycles. The van der Waals surface area contributed by atoms with E-state index < -0.39 is 0 Å². The number of phenols is 2. The molecule has 0 aliphatic heterocycles. The van der Waals surface area contributed by atoms with Crippen LogP contribution in [0.4, 0.5) is 0 Å². The number of benzene rings is 2. The molecule has 0 saturated carbocycles. The van der Waals surface area contributed by atoms with Gasteiger partial charge in [-0.05, 0) is 35.9 Å². The van der Waals surface area contributed by atoms with Crippen molar-refractivity contribution < 1.29 is 10.2 Å². The Bertz CT molecular complexity index is 1240. The zero-order valence-corrected chi connectivity index (χ0v) is 13.4. The lowest BCUT2D eigenvalue weighted by Crippen LogP contribution is -1.82. The Morgan fingerprint density at radius 2 is 1.85 bits per heavy atom. The summed E-state index contributed by atoms with van der Waals surface area (Å²) in [6, 6.07) is 12.1. The molecule has 0 fully saturated rings. The average Bonchev–Trinajstić information content (AvgIpc) is 3.24. The Morgan fingerprint density at radius 1 is 0.923 bits per heavy atom. The van der Waals surface area contributed by atoms with E-state index in [0.29, 0.717) is 11.4 Å². The summed E-state index contributed by atoms with van der Waals surface area (Å²) in [6.45, 7) is 0. The van der Waals surface area contributed by atoms with Crippen molar-refractivity contribution in [2.75, 3.05) is 0 Å². The molecule has 0 aliphatic rings. The fourth-order valence-corrected chi connectivity index (χ4v) is 3.10. The number of aromatic hydroxyl groups is 2. The predicted octanol–water partition coefficient (Wildman–Crippen LogP) is 3.58. The van der Waals surface area contributed by atoms with E-state index in [9.17, 15) is 10.2 Å². The minimum absolute atomic E-state index is 0.0221. The van der Waals surface area contributed by atoms with Gasteiger partial charge in [-0.15, -0.1) is 0 Å². The monoisotopic (exact) mass is 343 g/mol. The Morgan fingerprint density at radius 3 is 2.69 bits per heavy atom. The van der Waals surface area contributed by atoms with Crippen molar-refractivity contribution in [3.05, 3.63) is 54.9 Å². The molecule has 5 rings (SSSR count). The van der Waals surface area contributed by atoms with Gasteiger partial charge in [0.25, 0.3) is 0 Å². The first-order chi connectivity index (χ1) is 12.7. The van der Waals surface area contributed by atoms with Gasteiger partial charge in [0.15, 0.2) is 5.82 Å². The van der Waals surface area contributed by atoms with Crippen LogP contribution in [0.25, 0.3) is 44.6 Å². The van der Waals surface area contributed by atoms with E-state index in [0.717, 1.165) is 33.2 Å². The third-order valence-corrected chi connectivity index (χ3v) is 4.36.